The maximum absolute atomic E-state index is 11.6. The normalized spacial score (nSPS) is 14.5. The second-order valence-corrected chi connectivity index (χ2v) is 4.62. The summed E-state index contributed by atoms with van der Waals surface area (Å²) in [5.41, 5.74) is 1.79. The van der Waals surface area contributed by atoms with E-state index in [4.69, 9.17) is 9.47 Å². The number of carbonyl (C=O) groups is 1. The predicted octanol–water partition coefficient (Wildman–Crippen LogP) is 2.07. The molecule has 0 heterocycles. The maximum Gasteiger partial charge on any atom is 0.227 e. The average Bonchev–Trinajstić information content (AvgIpc) is 3.26. The first-order valence-corrected chi connectivity index (χ1v) is 6.43. The molecule has 0 aromatic heterocycles. The molecule has 1 saturated carbocycles. The van der Waals surface area contributed by atoms with Gasteiger partial charge in [0.05, 0.1) is 6.54 Å². The van der Waals surface area contributed by atoms with Gasteiger partial charge in [0.15, 0.2) is 6.29 Å². The lowest BCUT2D eigenvalue weighted by Gasteiger charge is -2.15. The predicted molar refractivity (Wildman–Crippen MR) is 74.1 cm³/mol. The van der Waals surface area contributed by atoms with Gasteiger partial charge in [-0.25, -0.2) is 0 Å². The van der Waals surface area contributed by atoms with Gasteiger partial charge in [-0.1, -0.05) is 0 Å². The van der Waals surface area contributed by atoms with Gasteiger partial charge >= 0.3 is 0 Å². The molecule has 0 unspecified atom stereocenters. The van der Waals surface area contributed by atoms with E-state index >= 15 is 0 Å². The Bertz CT molecular complexity index is 411. The van der Waals surface area contributed by atoms with Gasteiger partial charge in [0.1, 0.15) is 0 Å². The van der Waals surface area contributed by atoms with Crippen LogP contribution in [0.2, 0.25) is 0 Å². The van der Waals surface area contributed by atoms with Gasteiger partial charge in [-0.2, -0.15) is 0 Å². The van der Waals surface area contributed by atoms with E-state index in [0.717, 1.165) is 24.2 Å². The Morgan fingerprint density at radius 2 is 1.79 bits per heavy atom. The zero-order chi connectivity index (χ0) is 13.7. The Morgan fingerprint density at radius 3 is 2.32 bits per heavy atom. The van der Waals surface area contributed by atoms with Crippen molar-refractivity contribution in [3.05, 3.63) is 24.3 Å². The summed E-state index contributed by atoms with van der Waals surface area (Å²) in [4.78, 5) is 11.6. The van der Waals surface area contributed by atoms with Crippen LogP contribution in [0.3, 0.4) is 0 Å². The van der Waals surface area contributed by atoms with Crippen LogP contribution in [-0.4, -0.2) is 33.0 Å². The van der Waals surface area contributed by atoms with E-state index in [1.54, 1.807) is 14.2 Å². The highest BCUT2D eigenvalue weighted by molar-refractivity contribution is 5.94. The topological polar surface area (TPSA) is 59.6 Å². The van der Waals surface area contributed by atoms with Crippen molar-refractivity contribution in [2.75, 3.05) is 31.4 Å². The molecule has 0 saturated heterocycles. The first-order valence-electron chi connectivity index (χ1n) is 6.43. The average molecular weight is 264 g/mol. The number of nitrogens with one attached hydrogen (secondary N) is 2. The number of carbonyl (C=O) groups excluding carboxylic acids is 1. The highest BCUT2D eigenvalue weighted by Gasteiger charge is 2.29. The quantitative estimate of drug-likeness (QED) is 0.740. The fraction of sp³-hybridized carbons (Fsp3) is 0.500. The number of benzene rings is 1. The van der Waals surface area contributed by atoms with Crippen LogP contribution in [0, 0.1) is 5.92 Å². The molecule has 1 amide bonds. The van der Waals surface area contributed by atoms with E-state index in [9.17, 15) is 4.79 Å². The minimum atomic E-state index is -0.269. The fourth-order valence-corrected chi connectivity index (χ4v) is 1.73. The van der Waals surface area contributed by atoms with Crippen molar-refractivity contribution < 1.29 is 14.3 Å². The number of rotatable bonds is 7. The van der Waals surface area contributed by atoms with Crippen molar-refractivity contribution in [2.45, 2.75) is 19.1 Å². The fourth-order valence-electron chi connectivity index (χ4n) is 1.73. The number of ether oxygens (including phenoxy) is 2. The first kappa shape index (κ1) is 13.8. The molecule has 1 aromatic carbocycles. The molecule has 104 valence electrons. The number of anilines is 2. The van der Waals surface area contributed by atoms with Crippen molar-refractivity contribution in [3.63, 3.8) is 0 Å². The Labute approximate surface area is 113 Å². The lowest BCUT2D eigenvalue weighted by molar-refractivity contribution is -0.117. The highest BCUT2D eigenvalue weighted by Crippen LogP contribution is 2.30. The summed E-state index contributed by atoms with van der Waals surface area (Å²) >= 11 is 0. The second-order valence-electron chi connectivity index (χ2n) is 4.62. The molecular formula is C14H20N2O3. The van der Waals surface area contributed by atoms with E-state index in [2.05, 4.69) is 10.6 Å². The number of methoxy groups -OCH3 is 2. The van der Waals surface area contributed by atoms with E-state index in [1.807, 2.05) is 24.3 Å². The summed E-state index contributed by atoms with van der Waals surface area (Å²) in [6.45, 7) is 0.570. The molecular weight excluding hydrogens is 244 g/mol. The molecule has 1 aliphatic carbocycles. The molecule has 1 aromatic rings. The molecule has 1 aliphatic rings. The van der Waals surface area contributed by atoms with Crippen molar-refractivity contribution >= 4 is 17.3 Å². The van der Waals surface area contributed by atoms with Gasteiger partial charge < -0.3 is 20.1 Å². The monoisotopic (exact) mass is 264 g/mol. The summed E-state index contributed by atoms with van der Waals surface area (Å²) in [6.07, 6.45) is 1.76. The number of hydrogen-bond acceptors (Lipinski definition) is 4. The Balaban J connectivity index is 1.81. The smallest absolute Gasteiger partial charge is 0.227 e. The number of amides is 1. The molecule has 19 heavy (non-hydrogen) atoms. The Kier molecular flexibility index (Phi) is 4.76. The van der Waals surface area contributed by atoms with E-state index in [1.165, 1.54) is 0 Å². The first-order chi connectivity index (χ1) is 9.22. The van der Waals surface area contributed by atoms with E-state index in [-0.39, 0.29) is 18.1 Å². The largest absolute Gasteiger partial charge is 0.380 e. The second kappa shape index (κ2) is 6.54. The lowest BCUT2D eigenvalue weighted by Crippen LogP contribution is -2.23. The zero-order valence-corrected chi connectivity index (χ0v) is 11.3. The molecule has 1 fully saturated rings. The van der Waals surface area contributed by atoms with E-state index < -0.39 is 0 Å². The Hall–Kier alpha value is -1.59. The molecule has 0 radical (unpaired) electrons. The maximum atomic E-state index is 11.6. The summed E-state index contributed by atoms with van der Waals surface area (Å²) in [6, 6.07) is 7.62. The van der Waals surface area contributed by atoms with Crippen molar-refractivity contribution in [2.24, 2.45) is 5.92 Å². The minimum absolute atomic E-state index is 0.125. The van der Waals surface area contributed by atoms with Crippen LogP contribution in [0.4, 0.5) is 11.4 Å². The van der Waals surface area contributed by atoms with Gasteiger partial charge in [-0.15, -0.1) is 0 Å². The van der Waals surface area contributed by atoms with Gasteiger partial charge in [0.2, 0.25) is 5.91 Å². The molecule has 0 atom stereocenters. The highest BCUT2D eigenvalue weighted by atomic mass is 16.7. The minimum Gasteiger partial charge on any atom is -0.380 e. The SMILES string of the molecule is COC(CNc1ccc(NC(=O)C2CC2)cc1)OC. The third-order valence-electron chi connectivity index (χ3n) is 3.10. The summed E-state index contributed by atoms with van der Waals surface area (Å²) < 4.78 is 10.2. The molecule has 5 nitrogen and oxygen atoms in total. The van der Waals surface area contributed by atoms with Crippen LogP contribution in [0.15, 0.2) is 24.3 Å². The van der Waals surface area contributed by atoms with Crippen molar-refractivity contribution in [3.8, 4) is 0 Å². The van der Waals surface area contributed by atoms with Crippen LogP contribution in [-0.2, 0) is 14.3 Å². The van der Waals surface area contributed by atoms with Gasteiger partial charge in [-0.3, -0.25) is 4.79 Å². The molecule has 0 bridgehead atoms. The Morgan fingerprint density at radius 1 is 1.21 bits per heavy atom. The molecule has 0 spiro atoms. The summed E-state index contributed by atoms with van der Waals surface area (Å²) in [5.74, 6) is 0.349. The van der Waals surface area contributed by atoms with Crippen molar-refractivity contribution in [1.82, 2.24) is 0 Å². The summed E-state index contributed by atoms with van der Waals surface area (Å²) in [7, 11) is 3.21. The standard InChI is InChI=1S/C14H20N2O3/c1-18-13(19-2)9-15-11-5-7-12(8-6-11)16-14(17)10-3-4-10/h5-8,10,13,15H,3-4,9H2,1-2H3,(H,16,17). The van der Waals surface area contributed by atoms with Crippen LogP contribution in [0.25, 0.3) is 0 Å². The number of hydrogen-bond donors (Lipinski definition) is 2. The van der Waals surface area contributed by atoms with Gasteiger partial charge in [0.25, 0.3) is 0 Å². The molecule has 0 aliphatic heterocycles. The van der Waals surface area contributed by atoms with Crippen molar-refractivity contribution in [1.29, 1.82) is 0 Å². The third kappa shape index (κ3) is 4.22. The lowest BCUT2D eigenvalue weighted by atomic mass is 10.2. The molecule has 5 heteroatoms. The van der Waals surface area contributed by atoms with Crippen LogP contribution in [0.5, 0.6) is 0 Å². The van der Waals surface area contributed by atoms with Gasteiger partial charge in [-0.05, 0) is 37.1 Å². The molecule has 2 rings (SSSR count). The zero-order valence-electron chi connectivity index (χ0n) is 11.3. The van der Waals surface area contributed by atoms with Gasteiger partial charge in [0, 0.05) is 31.5 Å². The van der Waals surface area contributed by atoms with Crippen LogP contribution in [0.1, 0.15) is 12.8 Å². The third-order valence-corrected chi connectivity index (χ3v) is 3.10. The summed E-state index contributed by atoms with van der Waals surface area (Å²) in [5, 5.41) is 6.10. The molecule has 2 N–H and O–H groups in total. The van der Waals surface area contributed by atoms with Crippen LogP contribution >= 0.6 is 0 Å². The van der Waals surface area contributed by atoms with E-state index in [0.29, 0.717) is 6.54 Å². The van der Waals surface area contributed by atoms with Crippen LogP contribution < -0.4 is 10.6 Å².